The van der Waals surface area contributed by atoms with Gasteiger partial charge in [0.25, 0.3) is 5.91 Å². The molecule has 0 aromatic heterocycles. The molecule has 5 heteroatoms. The van der Waals surface area contributed by atoms with Crippen LogP contribution in [-0.2, 0) is 6.54 Å². The van der Waals surface area contributed by atoms with Crippen molar-refractivity contribution in [1.29, 1.82) is 0 Å². The molecule has 0 atom stereocenters. The molecule has 24 heavy (non-hydrogen) atoms. The minimum atomic E-state index is -0.146. The first-order valence-electron chi connectivity index (χ1n) is 8.12. The Morgan fingerprint density at radius 2 is 1.75 bits per heavy atom. The standard InChI is InChI=1S/C19H24N2O3/c22-12-5-10-21(11-13-23)15-16-6-4-7-17(14-16)19(24)20-18-8-2-1-3-9-18/h1-4,6-9,14,22-23H,5,10-13,15H2,(H,20,24). The van der Waals surface area contributed by atoms with Crippen molar-refractivity contribution in [3.05, 3.63) is 65.7 Å². The predicted octanol–water partition coefficient (Wildman–Crippen LogP) is 2.12. The Hall–Kier alpha value is -2.21. The van der Waals surface area contributed by atoms with Gasteiger partial charge in [0.1, 0.15) is 0 Å². The van der Waals surface area contributed by atoms with Gasteiger partial charge in [-0.05, 0) is 36.2 Å². The number of rotatable bonds is 9. The van der Waals surface area contributed by atoms with Crippen molar-refractivity contribution >= 4 is 11.6 Å². The molecule has 0 spiro atoms. The first-order valence-corrected chi connectivity index (χ1v) is 8.12. The lowest BCUT2D eigenvalue weighted by Crippen LogP contribution is -2.28. The summed E-state index contributed by atoms with van der Waals surface area (Å²) in [5.74, 6) is -0.146. The molecule has 0 heterocycles. The van der Waals surface area contributed by atoms with Crippen LogP contribution < -0.4 is 5.32 Å². The SMILES string of the molecule is O=C(Nc1ccccc1)c1cccc(CN(CCO)CCCO)c1. The van der Waals surface area contributed by atoms with E-state index in [4.69, 9.17) is 10.2 Å². The second kappa shape index (κ2) is 9.82. The highest BCUT2D eigenvalue weighted by molar-refractivity contribution is 6.04. The maximum atomic E-state index is 12.4. The summed E-state index contributed by atoms with van der Waals surface area (Å²) in [6, 6.07) is 16.8. The van der Waals surface area contributed by atoms with E-state index in [1.807, 2.05) is 48.5 Å². The number of amides is 1. The Kier molecular flexibility index (Phi) is 7.42. The number of anilines is 1. The molecule has 2 aromatic carbocycles. The zero-order chi connectivity index (χ0) is 17.2. The van der Waals surface area contributed by atoms with E-state index in [0.29, 0.717) is 31.6 Å². The fourth-order valence-corrected chi connectivity index (χ4v) is 2.50. The number of aliphatic hydroxyl groups is 2. The van der Waals surface area contributed by atoms with Crippen LogP contribution in [0.15, 0.2) is 54.6 Å². The van der Waals surface area contributed by atoms with Gasteiger partial charge in [-0.3, -0.25) is 9.69 Å². The third kappa shape index (κ3) is 5.77. The molecule has 5 nitrogen and oxygen atoms in total. The molecule has 0 fully saturated rings. The highest BCUT2D eigenvalue weighted by Crippen LogP contribution is 2.12. The smallest absolute Gasteiger partial charge is 0.255 e. The summed E-state index contributed by atoms with van der Waals surface area (Å²) >= 11 is 0. The van der Waals surface area contributed by atoms with Crippen molar-refractivity contribution in [2.24, 2.45) is 0 Å². The number of hydrogen-bond acceptors (Lipinski definition) is 4. The van der Waals surface area contributed by atoms with Gasteiger partial charge in [0.2, 0.25) is 0 Å². The highest BCUT2D eigenvalue weighted by atomic mass is 16.3. The number of hydrogen-bond donors (Lipinski definition) is 3. The lowest BCUT2D eigenvalue weighted by molar-refractivity contribution is 0.102. The normalized spacial score (nSPS) is 10.8. The Bertz CT molecular complexity index is 632. The summed E-state index contributed by atoms with van der Waals surface area (Å²) < 4.78 is 0. The molecule has 0 radical (unpaired) electrons. The Balaban J connectivity index is 2.03. The quantitative estimate of drug-likeness (QED) is 0.659. The van der Waals surface area contributed by atoms with Gasteiger partial charge in [-0.25, -0.2) is 0 Å². The van der Waals surface area contributed by atoms with Crippen molar-refractivity contribution in [2.75, 3.05) is 31.6 Å². The maximum Gasteiger partial charge on any atom is 0.255 e. The van der Waals surface area contributed by atoms with Crippen LogP contribution in [0.25, 0.3) is 0 Å². The molecule has 0 unspecified atom stereocenters. The van der Waals surface area contributed by atoms with E-state index >= 15 is 0 Å². The van der Waals surface area contributed by atoms with Gasteiger partial charge in [0.05, 0.1) is 6.61 Å². The summed E-state index contributed by atoms with van der Waals surface area (Å²) in [6.07, 6.45) is 0.661. The summed E-state index contributed by atoms with van der Waals surface area (Å²) in [6.45, 7) is 2.08. The van der Waals surface area contributed by atoms with Crippen LogP contribution in [0.5, 0.6) is 0 Å². The van der Waals surface area contributed by atoms with Crippen molar-refractivity contribution < 1.29 is 15.0 Å². The molecule has 0 aliphatic carbocycles. The van der Waals surface area contributed by atoms with Crippen molar-refractivity contribution in [1.82, 2.24) is 4.90 Å². The van der Waals surface area contributed by atoms with Crippen molar-refractivity contribution in [3.8, 4) is 0 Å². The molecule has 2 rings (SSSR count). The predicted molar refractivity (Wildman–Crippen MR) is 94.9 cm³/mol. The largest absolute Gasteiger partial charge is 0.396 e. The van der Waals surface area contributed by atoms with Gasteiger partial charge < -0.3 is 15.5 Å². The zero-order valence-corrected chi connectivity index (χ0v) is 13.7. The van der Waals surface area contributed by atoms with Crippen LogP contribution in [0.2, 0.25) is 0 Å². The van der Waals surface area contributed by atoms with Crippen LogP contribution in [0.3, 0.4) is 0 Å². The van der Waals surface area contributed by atoms with Gasteiger partial charge >= 0.3 is 0 Å². The van der Waals surface area contributed by atoms with Crippen LogP contribution in [0.4, 0.5) is 5.69 Å². The van der Waals surface area contributed by atoms with Crippen LogP contribution in [-0.4, -0.2) is 47.3 Å². The minimum Gasteiger partial charge on any atom is -0.396 e. The molecular weight excluding hydrogens is 304 g/mol. The molecule has 0 bridgehead atoms. The lowest BCUT2D eigenvalue weighted by Gasteiger charge is -2.21. The number of benzene rings is 2. The average molecular weight is 328 g/mol. The molecule has 0 saturated heterocycles. The maximum absolute atomic E-state index is 12.4. The van der Waals surface area contributed by atoms with E-state index < -0.39 is 0 Å². The van der Waals surface area contributed by atoms with E-state index in [2.05, 4.69) is 10.2 Å². The first kappa shape index (κ1) is 18.1. The Morgan fingerprint density at radius 3 is 2.46 bits per heavy atom. The van der Waals surface area contributed by atoms with Crippen LogP contribution in [0.1, 0.15) is 22.3 Å². The fraction of sp³-hybridized carbons (Fsp3) is 0.316. The van der Waals surface area contributed by atoms with E-state index in [9.17, 15) is 4.79 Å². The Morgan fingerprint density at radius 1 is 0.958 bits per heavy atom. The van der Waals surface area contributed by atoms with Gasteiger partial charge in [-0.2, -0.15) is 0 Å². The zero-order valence-electron chi connectivity index (χ0n) is 13.7. The number of carbonyl (C=O) groups is 1. The van der Waals surface area contributed by atoms with Crippen molar-refractivity contribution in [3.63, 3.8) is 0 Å². The average Bonchev–Trinajstić information content (AvgIpc) is 2.61. The molecule has 3 N–H and O–H groups in total. The van der Waals surface area contributed by atoms with E-state index in [1.165, 1.54) is 0 Å². The summed E-state index contributed by atoms with van der Waals surface area (Å²) in [4.78, 5) is 14.4. The van der Waals surface area contributed by atoms with Gasteiger partial charge in [0.15, 0.2) is 0 Å². The summed E-state index contributed by atoms with van der Waals surface area (Å²) in [5.41, 5.74) is 2.36. The molecular formula is C19H24N2O3. The van der Waals surface area contributed by atoms with Crippen LogP contribution >= 0.6 is 0 Å². The third-order valence-corrected chi connectivity index (χ3v) is 3.68. The number of nitrogens with one attached hydrogen (secondary N) is 1. The van der Waals surface area contributed by atoms with Gasteiger partial charge in [-0.15, -0.1) is 0 Å². The molecule has 1 amide bonds. The van der Waals surface area contributed by atoms with Gasteiger partial charge in [0, 0.05) is 37.5 Å². The first-order chi connectivity index (χ1) is 11.7. The van der Waals surface area contributed by atoms with E-state index in [1.54, 1.807) is 6.07 Å². The molecule has 0 aliphatic rings. The monoisotopic (exact) mass is 328 g/mol. The molecule has 0 aliphatic heterocycles. The lowest BCUT2D eigenvalue weighted by atomic mass is 10.1. The van der Waals surface area contributed by atoms with E-state index in [0.717, 1.165) is 11.3 Å². The molecule has 128 valence electrons. The Labute approximate surface area is 142 Å². The number of carbonyl (C=O) groups excluding carboxylic acids is 1. The van der Waals surface area contributed by atoms with Gasteiger partial charge in [-0.1, -0.05) is 30.3 Å². The molecule has 2 aromatic rings. The van der Waals surface area contributed by atoms with Crippen LogP contribution in [0, 0.1) is 0 Å². The number of para-hydroxylation sites is 1. The molecule has 0 saturated carbocycles. The summed E-state index contributed by atoms with van der Waals surface area (Å²) in [5, 5.41) is 21.0. The fourth-order valence-electron chi connectivity index (χ4n) is 2.50. The second-order valence-corrected chi connectivity index (χ2v) is 5.60. The second-order valence-electron chi connectivity index (χ2n) is 5.60. The third-order valence-electron chi connectivity index (χ3n) is 3.68. The summed E-state index contributed by atoms with van der Waals surface area (Å²) in [7, 11) is 0. The topological polar surface area (TPSA) is 72.8 Å². The number of aliphatic hydroxyl groups excluding tert-OH is 2. The van der Waals surface area contributed by atoms with E-state index in [-0.39, 0.29) is 19.1 Å². The van der Waals surface area contributed by atoms with Crippen molar-refractivity contribution in [2.45, 2.75) is 13.0 Å². The minimum absolute atomic E-state index is 0.0691. The highest BCUT2D eigenvalue weighted by Gasteiger charge is 2.09. The number of nitrogens with zero attached hydrogens (tertiary/aromatic N) is 1.